The predicted octanol–water partition coefficient (Wildman–Crippen LogP) is 4.13. The Balaban J connectivity index is 1.95. The maximum atomic E-state index is 13.9. The molecular formula is C20H23F3N4O2S. The van der Waals surface area contributed by atoms with E-state index in [-0.39, 0.29) is 23.7 Å². The van der Waals surface area contributed by atoms with Crippen molar-refractivity contribution in [2.45, 2.75) is 45.6 Å². The second-order valence-electron chi connectivity index (χ2n) is 6.97. The number of halogens is 3. The van der Waals surface area contributed by atoms with E-state index in [0.29, 0.717) is 23.6 Å². The van der Waals surface area contributed by atoms with Crippen LogP contribution in [0.15, 0.2) is 17.1 Å². The number of thioether (sulfide) groups is 1. The number of amides is 1. The van der Waals surface area contributed by atoms with Crippen LogP contribution in [-0.4, -0.2) is 40.1 Å². The zero-order valence-corrected chi connectivity index (χ0v) is 17.5. The number of unbranched alkanes of at least 4 members (excludes halogenated alkanes) is 1. The Morgan fingerprint density at radius 3 is 2.43 bits per heavy atom. The molecule has 1 aromatic carbocycles. The quantitative estimate of drug-likeness (QED) is 0.321. The van der Waals surface area contributed by atoms with E-state index in [1.807, 2.05) is 6.92 Å². The first-order valence-corrected chi connectivity index (χ1v) is 10.3. The number of nitrogens with zero attached hydrogens (tertiary/aromatic N) is 1. The van der Waals surface area contributed by atoms with Gasteiger partial charge in [0.2, 0.25) is 0 Å². The molecule has 1 amide bonds. The number of benzene rings is 1. The van der Waals surface area contributed by atoms with Gasteiger partial charge >= 0.3 is 0 Å². The first-order chi connectivity index (χ1) is 14.1. The van der Waals surface area contributed by atoms with Gasteiger partial charge in [-0.1, -0.05) is 25.1 Å². The molecule has 0 radical (unpaired) electrons. The number of nitrogens with one attached hydrogen (secondary N) is 3. The monoisotopic (exact) mass is 440 g/mol. The van der Waals surface area contributed by atoms with Crippen molar-refractivity contribution >= 4 is 39.3 Å². The molecule has 0 aromatic heterocycles. The second-order valence-corrected chi connectivity index (χ2v) is 8.16. The van der Waals surface area contributed by atoms with Crippen LogP contribution < -0.4 is 5.32 Å². The van der Waals surface area contributed by atoms with Gasteiger partial charge in [-0.2, -0.15) is 0 Å². The lowest BCUT2D eigenvalue weighted by Gasteiger charge is -2.14. The standard InChI is InChI=1S/C20H23F3N4O2S/c1-3-4-5-16(24)30-17(25)9-26-20(29)15-8-12(10(2)27-15)19(28)18-13(22)6-11(21)7-14(18)23/h6-7,10,12,24-25H,3-5,8-9H2,1-2H3,(H,26,29). The number of ketones is 1. The van der Waals surface area contributed by atoms with Gasteiger partial charge in [-0.25, -0.2) is 13.2 Å². The summed E-state index contributed by atoms with van der Waals surface area (Å²) >= 11 is 0.976. The zero-order chi connectivity index (χ0) is 22.4. The lowest BCUT2D eigenvalue weighted by atomic mass is 9.89. The first kappa shape index (κ1) is 23.8. The van der Waals surface area contributed by atoms with Gasteiger partial charge in [0.15, 0.2) is 5.78 Å². The molecule has 0 bridgehead atoms. The maximum absolute atomic E-state index is 13.9. The Kier molecular flexibility index (Phi) is 8.33. The molecule has 6 nitrogen and oxygen atoms in total. The molecule has 0 saturated heterocycles. The van der Waals surface area contributed by atoms with Crippen LogP contribution in [0.4, 0.5) is 13.2 Å². The van der Waals surface area contributed by atoms with Crippen molar-refractivity contribution in [1.82, 2.24) is 5.32 Å². The van der Waals surface area contributed by atoms with Crippen LogP contribution in [0.1, 0.15) is 49.9 Å². The minimum Gasteiger partial charge on any atom is -0.345 e. The zero-order valence-electron chi connectivity index (χ0n) is 16.7. The summed E-state index contributed by atoms with van der Waals surface area (Å²) < 4.78 is 40.9. The molecule has 2 rings (SSSR count). The van der Waals surface area contributed by atoms with E-state index in [2.05, 4.69) is 10.3 Å². The number of carbonyl (C=O) groups is 2. The fraction of sp³-hybridized carbons (Fsp3) is 0.450. The summed E-state index contributed by atoms with van der Waals surface area (Å²) in [4.78, 5) is 29.0. The summed E-state index contributed by atoms with van der Waals surface area (Å²) in [5.74, 6) is -6.12. The molecule has 0 saturated carbocycles. The van der Waals surface area contributed by atoms with Gasteiger partial charge in [-0.3, -0.25) is 25.4 Å². The number of Topliss-reactive ketones (excluding diaryl/α,β-unsaturated/α-hetero) is 1. The molecule has 0 aliphatic carbocycles. The van der Waals surface area contributed by atoms with Crippen LogP contribution >= 0.6 is 11.8 Å². The fourth-order valence-electron chi connectivity index (χ4n) is 3.03. The lowest BCUT2D eigenvalue weighted by molar-refractivity contribution is -0.114. The molecule has 0 spiro atoms. The van der Waals surface area contributed by atoms with E-state index in [9.17, 15) is 22.8 Å². The molecule has 30 heavy (non-hydrogen) atoms. The van der Waals surface area contributed by atoms with Crippen LogP contribution in [-0.2, 0) is 4.79 Å². The van der Waals surface area contributed by atoms with Crippen molar-refractivity contribution in [3.05, 3.63) is 35.1 Å². The summed E-state index contributed by atoms with van der Waals surface area (Å²) in [6.07, 6.45) is 2.25. The van der Waals surface area contributed by atoms with Crippen molar-refractivity contribution in [2.24, 2.45) is 10.9 Å². The van der Waals surface area contributed by atoms with E-state index < -0.39 is 46.7 Å². The fourth-order valence-corrected chi connectivity index (χ4v) is 3.72. The van der Waals surface area contributed by atoms with Crippen molar-refractivity contribution < 1.29 is 22.8 Å². The maximum Gasteiger partial charge on any atom is 0.265 e. The number of hydrogen-bond acceptors (Lipinski definition) is 6. The molecule has 1 heterocycles. The number of aliphatic imine (C=N–C) groups is 1. The minimum absolute atomic E-state index is 0.0441. The molecule has 0 fully saturated rings. The first-order valence-electron chi connectivity index (χ1n) is 9.50. The van der Waals surface area contributed by atoms with Gasteiger partial charge in [-0.05, 0) is 19.8 Å². The highest BCUT2D eigenvalue weighted by atomic mass is 32.2. The van der Waals surface area contributed by atoms with E-state index in [1.165, 1.54) is 0 Å². The van der Waals surface area contributed by atoms with Gasteiger partial charge in [-0.15, -0.1) is 0 Å². The topological polar surface area (TPSA) is 106 Å². The number of hydrogen-bond donors (Lipinski definition) is 3. The highest BCUT2D eigenvalue weighted by molar-refractivity contribution is 8.26. The van der Waals surface area contributed by atoms with Crippen LogP contribution in [0, 0.1) is 34.2 Å². The molecular weight excluding hydrogens is 417 g/mol. The lowest BCUT2D eigenvalue weighted by Crippen LogP contribution is -2.34. The predicted molar refractivity (Wildman–Crippen MR) is 111 cm³/mol. The molecule has 162 valence electrons. The summed E-state index contributed by atoms with van der Waals surface area (Å²) in [7, 11) is 0. The van der Waals surface area contributed by atoms with E-state index in [0.717, 1.165) is 24.6 Å². The number of carbonyl (C=O) groups excluding carboxylic acids is 2. The number of rotatable bonds is 8. The summed E-state index contributed by atoms with van der Waals surface area (Å²) in [5, 5.41) is 18.6. The van der Waals surface area contributed by atoms with Crippen molar-refractivity contribution in [3.8, 4) is 0 Å². The molecule has 1 aromatic rings. The van der Waals surface area contributed by atoms with Gasteiger partial charge in [0, 0.05) is 18.6 Å². The van der Waals surface area contributed by atoms with Crippen molar-refractivity contribution in [1.29, 1.82) is 10.8 Å². The molecule has 2 unspecified atom stereocenters. The van der Waals surface area contributed by atoms with Gasteiger partial charge in [0.1, 0.15) is 23.2 Å². The summed E-state index contributed by atoms with van der Waals surface area (Å²) in [5.41, 5.74) is -0.795. The van der Waals surface area contributed by atoms with E-state index in [4.69, 9.17) is 10.8 Å². The molecule has 2 atom stereocenters. The molecule has 1 aliphatic heterocycles. The van der Waals surface area contributed by atoms with Crippen LogP contribution in [0.25, 0.3) is 0 Å². The summed E-state index contributed by atoms with van der Waals surface area (Å²) in [6.45, 7) is 3.46. The van der Waals surface area contributed by atoms with Crippen molar-refractivity contribution in [2.75, 3.05) is 6.54 Å². The highest BCUT2D eigenvalue weighted by Gasteiger charge is 2.37. The summed E-state index contributed by atoms with van der Waals surface area (Å²) in [6, 6.07) is 0.190. The smallest absolute Gasteiger partial charge is 0.265 e. The van der Waals surface area contributed by atoms with Crippen LogP contribution in [0.5, 0.6) is 0 Å². The Labute approximate surface area is 176 Å². The Morgan fingerprint density at radius 2 is 1.83 bits per heavy atom. The Bertz CT molecular complexity index is 881. The molecule has 3 N–H and O–H groups in total. The third kappa shape index (κ3) is 6.01. The van der Waals surface area contributed by atoms with E-state index >= 15 is 0 Å². The van der Waals surface area contributed by atoms with Gasteiger partial charge in [0.05, 0.1) is 34.2 Å². The van der Waals surface area contributed by atoms with E-state index in [1.54, 1.807) is 6.92 Å². The van der Waals surface area contributed by atoms with Crippen molar-refractivity contribution in [3.63, 3.8) is 0 Å². The molecule has 1 aliphatic rings. The highest BCUT2D eigenvalue weighted by Crippen LogP contribution is 2.28. The Morgan fingerprint density at radius 1 is 1.20 bits per heavy atom. The largest absolute Gasteiger partial charge is 0.345 e. The second kappa shape index (κ2) is 10.5. The third-order valence-corrected chi connectivity index (χ3v) is 5.46. The third-order valence-electron chi connectivity index (χ3n) is 4.62. The van der Waals surface area contributed by atoms with Crippen LogP contribution in [0.2, 0.25) is 0 Å². The SMILES string of the molecule is CCCCC(=N)SC(=N)CNC(=O)C1=NC(C)C(C(=O)c2c(F)cc(F)cc2F)C1. The van der Waals surface area contributed by atoms with Gasteiger partial charge in [0.25, 0.3) is 5.91 Å². The Hall–Kier alpha value is -2.49. The molecule has 10 heteroatoms. The van der Waals surface area contributed by atoms with Gasteiger partial charge < -0.3 is 5.32 Å². The van der Waals surface area contributed by atoms with Crippen LogP contribution in [0.3, 0.4) is 0 Å². The average Bonchev–Trinajstić information content (AvgIpc) is 3.05. The minimum atomic E-state index is -1.29. The normalized spacial score (nSPS) is 18.1. The average molecular weight is 440 g/mol.